The van der Waals surface area contributed by atoms with E-state index in [1.165, 1.54) is 18.2 Å². The molecule has 3 rings (SSSR count). The van der Waals surface area contributed by atoms with Crippen molar-refractivity contribution in [1.29, 1.82) is 5.26 Å². The van der Waals surface area contributed by atoms with Crippen molar-refractivity contribution in [2.24, 2.45) is 0 Å². The lowest BCUT2D eigenvalue weighted by Gasteiger charge is -2.12. The quantitative estimate of drug-likeness (QED) is 0.266. The van der Waals surface area contributed by atoms with Gasteiger partial charge in [0.2, 0.25) is 0 Å². The maximum Gasteiger partial charge on any atom is 0.266 e. The Kier molecular flexibility index (Phi) is 7.92. The molecule has 0 aliphatic rings. The fourth-order valence-corrected chi connectivity index (χ4v) is 3.94. The standard InChI is InChI=1S/C24H16BrCl2FN2O2/c1-14-5-6-19(11-21(14)26)30-24(31)17(12-29)7-16-9-20(25)23(22(27)10-16)32-13-15-3-2-4-18(28)8-15/h2-11H,13H2,1H3,(H,30,31)/b17-7-. The number of hydrogen-bond acceptors (Lipinski definition) is 3. The average molecular weight is 534 g/mol. The van der Waals surface area contributed by atoms with E-state index < -0.39 is 5.91 Å². The van der Waals surface area contributed by atoms with E-state index in [9.17, 15) is 14.4 Å². The van der Waals surface area contributed by atoms with Crippen molar-refractivity contribution in [3.05, 3.63) is 97.2 Å². The molecule has 1 amide bonds. The van der Waals surface area contributed by atoms with Crippen LogP contribution in [0.3, 0.4) is 0 Å². The van der Waals surface area contributed by atoms with Gasteiger partial charge in [-0.3, -0.25) is 4.79 Å². The third-order valence-corrected chi connectivity index (χ3v) is 5.68. The molecule has 0 atom stereocenters. The van der Waals surface area contributed by atoms with E-state index in [1.807, 2.05) is 13.0 Å². The lowest BCUT2D eigenvalue weighted by molar-refractivity contribution is -0.112. The van der Waals surface area contributed by atoms with Gasteiger partial charge in [0.05, 0.1) is 9.50 Å². The molecule has 0 saturated carbocycles. The summed E-state index contributed by atoms with van der Waals surface area (Å²) in [5, 5.41) is 12.9. The number of nitriles is 1. The number of halogens is 4. The Morgan fingerprint density at radius 3 is 2.62 bits per heavy atom. The number of carbonyl (C=O) groups excluding carboxylic acids is 1. The Morgan fingerprint density at radius 1 is 1.19 bits per heavy atom. The second-order valence-corrected chi connectivity index (χ2v) is 8.49. The molecule has 162 valence electrons. The highest BCUT2D eigenvalue weighted by atomic mass is 79.9. The fourth-order valence-electron chi connectivity index (χ4n) is 2.77. The van der Waals surface area contributed by atoms with E-state index in [0.29, 0.717) is 32.1 Å². The lowest BCUT2D eigenvalue weighted by Crippen LogP contribution is -2.13. The van der Waals surface area contributed by atoms with Gasteiger partial charge >= 0.3 is 0 Å². The highest BCUT2D eigenvalue weighted by Gasteiger charge is 2.13. The third-order valence-electron chi connectivity index (χ3n) is 4.40. The number of aryl methyl sites for hydroxylation is 1. The van der Waals surface area contributed by atoms with Crippen molar-refractivity contribution >= 4 is 56.8 Å². The number of nitrogens with one attached hydrogen (secondary N) is 1. The first-order valence-electron chi connectivity index (χ1n) is 9.32. The van der Waals surface area contributed by atoms with Gasteiger partial charge in [0.15, 0.2) is 5.75 Å². The van der Waals surface area contributed by atoms with Gasteiger partial charge < -0.3 is 10.1 Å². The van der Waals surface area contributed by atoms with Gasteiger partial charge in [-0.15, -0.1) is 0 Å². The van der Waals surface area contributed by atoms with Gasteiger partial charge in [0.1, 0.15) is 24.1 Å². The van der Waals surface area contributed by atoms with Crippen LogP contribution in [0, 0.1) is 24.1 Å². The molecule has 0 fully saturated rings. The SMILES string of the molecule is Cc1ccc(NC(=O)/C(C#N)=C\c2cc(Cl)c(OCc3cccc(F)c3)c(Br)c2)cc1Cl. The Balaban J connectivity index is 1.77. The van der Waals surface area contributed by atoms with E-state index in [-0.39, 0.29) is 23.0 Å². The molecule has 32 heavy (non-hydrogen) atoms. The van der Waals surface area contributed by atoms with Gasteiger partial charge in [-0.05, 0) is 82.0 Å². The maximum atomic E-state index is 13.3. The molecule has 4 nitrogen and oxygen atoms in total. The number of amides is 1. The normalized spacial score (nSPS) is 11.1. The number of ether oxygens (including phenoxy) is 1. The molecular weight excluding hydrogens is 518 g/mol. The van der Waals surface area contributed by atoms with Crippen LogP contribution in [0.15, 0.2) is 64.6 Å². The predicted molar refractivity (Wildman–Crippen MR) is 128 cm³/mol. The smallest absolute Gasteiger partial charge is 0.266 e. The average Bonchev–Trinajstić information content (AvgIpc) is 2.74. The largest absolute Gasteiger partial charge is 0.486 e. The van der Waals surface area contributed by atoms with Crippen molar-refractivity contribution in [2.45, 2.75) is 13.5 Å². The van der Waals surface area contributed by atoms with Crippen molar-refractivity contribution in [1.82, 2.24) is 0 Å². The van der Waals surface area contributed by atoms with Crippen LogP contribution in [0.1, 0.15) is 16.7 Å². The minimum absolute atomic E-state index is 0.113. The Hall–Kier alpha value is -2.85. The van der Waals surface area contributed by atoms with Crippen molar-refractivity contribution in [2.75, 3.05) is 5.32 Å². The van der Waals surface area contributed by atoms with Crippen LogP contribution in [0.4, 0.5) is 10.1 Å². The maximum absolute atomic E-state index is 13.3. The number of hydrogen-bond donors (Lipinski definition) is 1. The number of rotatable bonds is 6. The monoisotopic (exact) mass is 532 g/mol. The van der Waals surface area contributed by atoms with E-state index >= 15 is 0 Å². The van der Waals surface area contributed by atoms with E-state index in [0.717, 1.165) is 5.56 Å². The lowest BCUT2D eigenvalue weighted by atomic mass is 10.1. The summed E-state index contributed by atoms with van der Waals surface area (Å²) in [5.74, 6) is -0.566. The van der Waals surface area contributed by atoms with Gasteiger partial charge in [-0.2, -0.15) is 5.26 Å². The molecule has 0 radical (unpaired) electrons. The summed E-state index contributed by atoms with van der Waals surface area (Å²) in [5.41, 5.74) is 2.41. The second-order valence-electron chi connectivity index (χ2n) is 6.82. The highest BCUT2D eigenvalue weighted by Crippen LogP contribution is 2.35. The van der Waals surface area contributed by atoms with Crippen LogP contribution in [-0.2, 0) is 11.4 Å². The molecule has 0 aliphatic heterocycles. The van der Waals surface area contributed by atoms with Gasteiger partial charge in [-0.1, -0.05) is 41.4 Å². The van der Waals surface area contributed by atoms with Gasteiger partial charge in [0, 0.05) is 10.7 Å². The molecule has 0 saturated heterocycles. The summed E-state index contributed by atoms with van der Waals surface area (Å²) in [7, 11) is 0. The molecular formula is C24H16BrCl2FN2O2. The van der Waals surface area contributed by atoms with E-state index in [2.05, 4.69) is 21.2 Å². The summed E-state index contributed by atoms with van der Waals surface area (Å²) in [6.07, 6.45) is 1.41. The van der Waals surface area contributed by atoms with Crippen LogP contribution in [0.2, 0.25) is 10.0 Å². The Labute approximate surface area is 203 Å². The fraction of sp³-hybridized carbons (Fsp3) is 0.0833. The summed E-state index contributed by atoms with van der Waals surface area (Å²) in [6.45, 7) is 1.97. The first-order valence-corrected chi connectivity index (χ1v) is 10.9. The molecule has 3 aromatic carbocycles. The van der Waals surface area contributed by atoms with Crippen molar-refractivity contribution in [3.8, 4) is 11.8 Å². The number of anilines is 1. The van der Waals surface area contributed by atoms with Crippen LogP contribution in [-0.4, -0.2) is 5.91 Å². The van der Waals surface area contributed by atoms with E-state index in [1.54, 1.807) is 42.5 Å². The second kappa shape index (κ2) is 10.6. The molecule has 3 aromatic rings. The minimum atomic E-state index is -0.578. The Morgan fingerprint density at radius 2 is 1.97 bits per heavy atom. The van der Waals surface area contributed by atoms with Crippen LogP contribution in [0.5, 0.6) is 5.75 Å². The topological polar surface area (TPSA) is 62.1 Å². The molecule has 0 bridgehead atoms. The Bertz CT molecular complexity index is 1230. The first kappa shape index (κ1) is 23.8. The number of nitrogens with zero attached hydrogens (tertiary/aromatic N) is 1. The minimum Gasteiger partial charge on any atom is -0.486 e. The summed E-state index contributed by atoms with van der Waals surface area (Å²) in [6, 6.07) is 16.3. The summed E-state index contributed by atoms with van der Waals surface area (Å²) in [4.78, 5) is 12.5. The highest BCUT2D eigenvalue weighted by molar-refractivity contribution is 9.10. The van der Waals surface area contributed by atoms with Crippen LogP contribution >= 0.6 is 39.1 Å². The zero-order valence-electron chi connectivity index (χ0n) is 16.8. The summed E-state index contributed by atoms with van der Waals surface area (Å²) >= 11 is 15.8. The molecule has 8 heteroatoms. The van der Waals surface area contributed by atoms with Crippen molar-refractivity contribution in [3.63, 3.8) is 0 Å². The molecule has 0 aromatic heterocycles. The van der Waals surface area contributed by atoms with Crippen molar-refractivity contribution < 1.29 is 13.9 Å². The number of benzene rings is 3. The van der Waals surface area contributed by atoms with Gasteiger partial charge in [-0.25, -0.2) is 4.39 Å². The van der Waals surface area contributed by atoms with Crippen LogP contribution in [0.25, 0.3) is 6.08 Å². The molecule has 0 unspecified atom stereocenters. The zero-order valence-corrected chi connectivity index (χ0v) is 19.9. The first-order chi connectivity index (χ1) is 15.3. The number of carbonyl (C=O) groups is 1. The van der Waals surface area contributed by atoms with E-state index in [4.69, 9.17) is 27.9 Å². The van der Waals surface area contributed by atoms with Gasteiger partial charge in [0.25, 0.3) is 5.91 Å². The molecule has 1 N–H and O–H groups in total. The third kappa shape index (κ3) is 6.10. The molecule has 0 aliphatic carbocycles. The predicted octanol–water partition coefficient (Wildman–Crippen LogP) is 7.33. The molecule has 0 heterocycles. The summed E-state index contributed by atoms with van der Waals surface area (Å²) < 4.78 is 19.6. The zero-order chi connectivity index (χ0) is 23.3. The van der Waals surface area contributed by atoms with Crippen LogP contribution < -0.4 is 10.1 Å². The molecule has 0 spiro atoms.